The molecule has 5 nitrogen and oxygen atoms in total. The molecule has 1 amide bonds. The van der Waals surface area contributed by atoms with Gasteiger partial charge in [-0.1, -0.05) is 42.5 Å². The Kier molecular flexibility index (Phi) is 5.60. The number of fused-ring (bicyclic) bond motifs is 7. The number of piperazine rings is 1. The van der Waals surface area contributed by atoms with Gasteiger partial charge in [0.05, 0.1) is 18.8 Å². The zero-order valence-corrected chi connectivity index (χ0v) is 21.5. The van der Waals surface area contributed by atoms with Gasteiger partial charge in [-0.15, -0.1) is 0 Å². The van der Waals surface area contributed by atoms with Crippen LogP contribution in [0.15, 0.2) is 72.8 Å². The van der Waals surface area contributed by atoms with Gasteiger partial charge in [0.15, 0.2) is 0 Å². The SMILES string of the molecule is COc1ccccc1N1CCN(C(=O)c2ccc3c(c2)[C@@H]2[C@@H]4CC[C@@H](C4)[C@@H]2[C@@H](c2ccccc2)N3)CC1. The van der Waals surface area contributed by atoms with Gasteiger partial charge in [0, 0.05) is 37.4 Å². The Labute approximate surface area is 219 Å². The lowest BCUT2D eigenvalue weighted by atomic mass is 9.68. The van der Waals surface area contributed by atoms with Gasteiger partial charge in [-0.2, -0.15) is 0 Å². The average Bonchev–Trinajstić information content (AvgIpc) is 3.60. The van der Waals surface area contributed by atoms with Crippen LogP contribution in [-0.4, -0.2) is 44.1 Å². The maximum atomic E-state index is 13.7. The molecule has 4 aliphatic rings. The molecule has 0 unspecified atom stereocenters. The van der Waals surface area contributed by atoms with E-state index in [9.17, 15) is 4.79 Å². The molecule has 3 aromatic rings. The van der Waals surface area contributed by atoms with E-state index in [2.05, 4.69) is 58.7 Å². The van der Waals surface area contributed by atoms with E-state index in [1.54, 1.807) is 7.11 Å². The zero-order chi connectivity index (χ0) is 24.9. The van der Waals surface area contributed by atoms with E-state index in [-0.39, 0.29) is 5.91 Å². The Morgan fingerprint density at radius 1 is 0.892 bits per heavy atom. The summed E-state index contributed by atoms with van der Waals surface area (Å²) in [7, 11) is 1.71. The highest BCUT2D eigenvalue weighted by Crippen LogP contribution is 2.63. The quantitative estimate of drug-likeness (QED) is 0.488. The number of carbonyl (C=O) groups is 1. The van der Waals surface area contributed by atoms with Crippen LogP contribution in [0.4, 0.5) is 11.4 Å². The number of benzene rings is 3. The molecule has 2 aliphatic heterocycles. The minimum atomic E-state index is 0.160. The molecular formula is C32H35N3O2. The highest BCUT2D eigenvalue weighted by atomic mass is 16.5. The molecule has 2 aliphatic carbocycles. The first-order valence-electron chi connectivity index (χ1n) is 13.8. The number of hydrogen-bond acceptors (Lipinski definition) is 4. The van der Waals surface area contributed by atoms with Crippen LogP contribution in [0.1, 0.15) is 52.7 Å². The molecule has 1 N–H and O–H groups in total. The van der Waals surface area contributed by atoms with E-state index in [4.69, 9.17) is 4.74 Å². The molecular weight excluding hydrogens is 458 g/mol. The zero-order valence-electron chi connectivity index (χ0n) is 21.5. The summed E-state index contributed by atoms with van der Waals surface area (Å²) >= 11 is 0. The van der Waals surface area contributed by atoms with E-state index < -0.39 is 0 Å². The summed E-state index contributed by atoms with van der Waals surface area (Å²) in [6.07, 6.45) is 4.01. The van der Waals surface area contributed by atoms with Crippen molar-refractivity contribution < 1.29 is 9.53 Å². The Bertz CT molecular complexity index is 1300. The van der Waals surface area contributed by atoms with E-state index in [0.29, 0.717) is 17.9 Å². The number of nitrogens with zero attached hydrogens (tertiary/aromatic N) is 2. The molecule has 0 aromatic heterocycles. The number of nitrogens with one attached hydrogen (secondary N) is 1. The van der Waals surface area contributed by atoms with Gasteiger partial charge in [-0.25, -0.2) is 0 Å². The Morgan fingerprint density at radius 2 is 1.65 bits per heavy atom. The number of ether oxygens (including phenoxy) is 1. The molecule has 0 spiro atoms. The number of amides is 1. The number of carbonyl (C=O) groups excluding carboxylic acids is 1. The normalized spacial score (nSPS) is 27.9. The molecule has 7 rings (SSSR count). The number of para-hydroxylation sites is 2. The maximum Gasteiger partial charge on any atom is 0.253 e. The van der Waals surface area contributed by atoms with Gasteiger partial charge in [0.2, 0.25) is 0 Å². The molecule has 3 aromatic carbocycles. The van der Waals surface area contributed by atoms with Crippen LogP contribution in [-0.2, 0) is 0 Å². The van der Waals surface area contributed by atoms with Crippen LogP contribution in [0.5, 0.6) is 5.75 Å². The van der Waals surface area contributed by atoms with Crippen molar-refractivity contribution in [2.75, 3.05) is 43.5 Å². The second kappa shape index (κ2) is 9.13. The number of anilines is 2. The highest BCUT2D eigenvalue weighted by molar-refractivity contribution is 5.95. The van der Waals surface area contributed by atoms with Gasteiger partial charge in [-0.05, 0) is 84.4 Å². The third-order valence-electron chi connectivity index (χ3n) is 9.49. The van der Waals surface area contributed by atoms with Crippen molar-refractivity contribution in [1.29, 1.82) is 0 Å². The third-order valence-corrected chi connectivity index (χ3v) is 9.49. The predicted molar refractivity (Wildman–Crippen MR) is 147 cm³/mol. The molecule has 37 heavy (non-hydrogen) atoms. The lowest BCUT2D eigenvalue weighted by Crippen LogP contribution is -2.49. The predicted octanol–water partition coefficient (Wildman–Crippen LogP) is 5.95. The third kappa shape index (κ3) is 3.78. The molecule has 2 bridgehead atoms. The lowest BCUT2D eigenvalue weighted by molar-refractivity contribution is 0.0746. The van der Waals surface area contributed by atoms with E-state index in [0.717, 1.165) is 55.0 Å². The van der Waals surface area contributed by atoms with Gasteiger partial charge < -0.3 is 19.9 Å². The number of hydrogen-bond donors (Lipinski definition) is 1. The molecule has 5 atom stereocenters. The first-order chi connectivity index (χ1) is 18.2. The van der Waals surface area contributed by atoms with Crippen molar-refractivity contribution >= 4 is 17.3 Å². The van der Waals surface area contributed by atoms with Crippen LogP contribution < -0.4 is 15.0 Å². The molecule has 190 valence electrons. The van der Waals surface area contributed by atoms with Crippen molar-refractivity contribution in [3.05, 3.63) is 89.5 Å². The molecule has 1 saturated heterocycles. The van der Waals surface area contributed by atoms with Gasteiger partial charge >= 0.3 is 0 Å². The summed E-state index contributed by atoms with van der Waals surface area (Å²) in [4.78, 5) is 18.0. The van der Waals surface area contributed by atoms with Crippen molar-refractivity contribution in [2.24, 2.45) is 17.8 Å². The Morgan fingerprint density at radius 3 is 2.46 bits per heavy atom. The van der Waals surface area contributed by atoms with E-state index >= 15 is 0 Å². The van der Waals surface area contributed by atoms with Crippen molar-refractivity contribution in [3.8, 4) is 5.75 Å². The standard InChI is InChI=1S/C32H35N3O2/c1-37-28-10-6-5-9-27(28)34-15-17-35(18-16-34)32(36)24-13-14-26-25(20-24)29-22-11-12-23(19-22)30(29)31(33-26)21-7-3-2-4-8-21/h2-10,13-14,20,22-23,29-31,33H,11-12,15-19H2,1H3/t22-,23+,29+,30+,31-/m1/s1. The average molecular weight is 494 g/mol. The van der Waals surface area contributed by atoms with E-state index in [1.807, 2.05) is 29.2 Å². The summed E-state index contributed by atoms with van der Waals surface area (Å²) in [5.74, 6) is 3.74. The van der Waals surface area contributed by atoms with E-state index in [1.165, 1.54) is 36.1 Å². The lowest BCUT2D eigenvalue weighted by Gasteiger charge is -2.44. The number of methoxy groups -OCH3 is 1. The monoisotopic (exact) mass is 493 g/mol. The summed E-state index contributed by atoms with van der Waals surface area (Å²) in [6.45, 7) is 3.07. The van der Waals surface area contributed by atoms with Crippen molar-refractivity contribution in [2.45, 2.75) is 31.2 Å². The van der Waals surface area contributed by atoms with Crippen LogP contribution in [0, 0.1) is 17.8 Å². The minimum absolute atomic E-state index is 0.160. The van der Waals surface area contributed by atoms with Crippen molar-refractivity contribution in [1.82, 2.24) is 4.90 Å². The summed E-state index contributed by atoms with van der Waals surface area (Å²) in [5.41, 5.74) is 5.94. The molecule has 2 saturated carbocycles. The first-order valence-corrected chi connectivity index (χ1v) is 13.8. The maximum absolute atomic E-state index is 13.7. The molecule has 3 fully saturated rings. The second-order valence-corrected chi connectivity index (χ2v) is 11.2. The Hall–Kier alpha value is -3.47. The molecule has 2 heterocycles. The topological polar surface area (TPSA) is 44.8 Å². The summed E-state index contributed by atoms with van der Waals surface area (Å²) in [5, 5.41) is 3.91. The first kappa shape index (κ1) is 22.7. The fourth-order valence-corrected chi connectivity index (χ4v) is 7.83. The smallest absolute Gasteiger partial charge is 0.253 e. The summed E-state index contributed by atoms with van der Waals surface area (Å²) < 4.78 is 5.56. The fraction of sp³-hybridized carbons (Fsp3) is 0.406. The van der Waals surface area contributed by atoms with Gasteiger partial charge in [-0.3, -0.25) is 4.79 Å². The van der Waals surface area contributed by atoms with Gasteiger partial charge in [0.25, 0.3) is 5.91 Å². The highest BCUT2D eigenvalue weighted by Gasteiger charge is 2.53. The van der Waals surface area contributed by atoms with Gasteiger partial charge in [0.1, 0.15) is 5.75 Å². The fourth-order valence-electron chi connectivity index (χ4n) is 7.83. The summed E-state index contributed by atoms with van der Waals surface area (Å²) in [6, 6.07) is 25.9. The van der Waals surface area contributed by atoms with Crippen LogP contribution >= 0.6 is 0 Å². The largest absolute Gasteiger partial charge is 0.495 e. The molecule has 0 radical (unpaired) electrons. The Balaban J connectivity index is 1.12. The van der Waals surface area contributed by atoms with Crippen molar-refractivity contribution in [3.63, 3.8) is 0 Å². The number of rotatable bonds is 4. The molecule has 5 heteroatoms. The van der Waals surface area contributed by atoms with Crippen LogP contribution in [0.2, 0.25) is 0 Å². The minimum Gasteiger partial charge on any atom is -0.495 e. The second-order valence-electron chi connectivity index (χ2n) is 11.2. The van der Waals surface area contributed by atoms with Crippen LogP contribution in [0.3, 0.4) is 0 Å². The van der Waals surface area contributed by atoms with Crippen LogP contribution in [0.25, 0.3) is 0 Å².